The molecule has 0 atom stereocenters. The third-order valence-electron chi connectivity index (χ3n) is 3.84. The molecule has 128 valence electrons. The lowest BCUT2D eigenvalue weighted by molar-refractivity contribution is -0.286. The van der Waals surface area contributed by atoms with Crippen LogP contribution in [0.4, 0.5) is 14.5 Å². The molecule has 4 rings (SSSR count). The Kier molecular flexibility index (Phi) is 3.38. The number of rotatable bonds is 3. The number of carbonyl (C=O) groups excluding carboxylic acids is 1. The van der Waals surface area contributed by atoms with Crippen LogP contribution in [0.5, 0.6) is 17.2 Å². The smallest absolute Gasteiger partial charge is 0.494 e. The van der Waals surface area contributed by atoms with Gasteiger partial charge in [-0.3, -0.25) is 4.79 Å². The Balaban J connectivity index is 1.76. The zero-order chi connectivity index (χ0) is 17.6. The first-order valence-electron chi connectivity index (χ1n) is 7.66. The fourth-order valence-electron chi connectivity index (χ4n) is 2.83. The van der Waals surface area contributed by atoms with Gasteiger partial charge in [0, 0.05) is 22.8 Å². The SMILES string of the molecule is CCOc1ccc2c(c1)NC(=O)C2=Cc1cccc2c1OC(F)(F)O2. The average molecular weight is 345 g/mol. The van der Waals surface area contributed by atoms with Gasteiger partial charge in [-0.2, -0.15) is 0 Å². The third-order valence-corrected chi connectivity index (χ3v) is 3.84. The minimum absolute atomic E-state index is 0.0651. The first kappa shape index (κ1) is 15.4. The minimum atomic E-state index is -3.71. The van der Waals surface area contributed by atoms with Crippen molar-refractivity contribution < 1.29 is 27.8 Å². The van der Waals surface area contributed by atoms with Crippen LogP contribution in [-0.4, -0.2) is 18.8 Å². The maximum absolute atomic E-state index is 13.3. The number of benzene rings is 2. The van der Waals surface area contributed by atoms with Crippen LogP contribution in [0.1, 0.15) is 18.1 Å². The third kappa shape index (κ3) is 2.67. The average Bonchev–Trinajstić information content (AvgIpc) is 3.03. The van der Waals surface area contributed by atoms with Crippen molar-refractivity contribution >= 4 is 23.2 Å². The summed E-state index contributed by atoms with van der Waals surface area (Å²) in [5.41, 5.74) is 1.96. The molecule has 2 aromatic rings. The summed E-state index contributed by atoms with van der Waals surface area (Å²) in [6.45, 7) is 2.38. The van der Waals surface area contributed by atoms with Crippen LogP contribution >= 0.6 is 0 Å². The Labute approximate surface area is 141 Å². The fourth-order valence-corrected chi connectivity index (χ4v) is 2.83. The largest absolute Gasteiger partial charge is 0.586 e. The summed E-state index contributed by atoms with van der Waals surface area (Å²) in [6.07, 6.45) is -2.20. The molecule has 2 heterocycles. The Hall–Kier alpha value is -3.09. The van der Waals surface area contributed by atoms with E-state index in [4.69, 9.17) is 4.74 Å². The predicted molar refractivity (Wildman–Crippen MR) is 86.8 cm³/mol. The van der Waals surface area contributed by atoms with Gasteiger partial charge in [-0.25, -0.2) is 0 Å². The van der Waals surface area contributed by atoms with Crippen LogP contribution in [0, 0.1) is 0 Å². The number of hydrogen-bond acceptors (Lipinski definition) is 4. The number of fused-ring (bicyclic) bond motifs is 2. The lowest BCUT2D eigenvalue weighted by Gasteiger charge is -2.06. The van der Waals surface area contributed by atoms with Crippen molar-refractivity contribution in [2.45, 2.75) is 13.2 Å². The Bertz CT molecular complexity index is 908. The van der Waals surface area contributed by atoms with E-state index in [0.29, 0.717) is 34.7 Å². The predicted octanol–water partition coefficient (Wildman–Crippen LogP) is 3.90. The Morgan fingerprint density at radius 3 is 2.88 bits per heavy atom. The van der Waals surface area contributed by atoms with Crippen molar-refractivity contribution in [3.05, 3.63) is 47.5 Å². The van der Waals surface area contributed by atoms with E-state index in [1.807, 2.05) is 6.92 Å². The van der Waals surface area contributed by atoms with Crippen LogP contribution in [0.2, 0.25) is 0 Å². The molecule has 0 aromatic heterocycles. The highest BCUT2D eigenvalue weighted by Crippen LogP contribution is 2.45. The number of ether oxygens (including phenoxy) is 3. The summed E-state index contributed by atoms with van der Waals surface area (Å²) >= 11 is 0. The van der Waals surface area contributed by atoms with Gasteiger partial charge in [0.25, 0.3) is 5.91 Å². The quantitative estimate of drug-likeness (QED) is 0.857. The van der Waals surface area contributed by atoms with Gasteiger partial charge in [-0.15, -0.1) is 8.78 Å². The van der Waals surface area contributed by atoms with Gasteiger partial charge in [-0.05, 0) is 31.2 Å². The lowest BCUT2D eigenvalue weighted by Crippen LogP contribution is -2.26. The summed E-state index contributed by atoms with van der Waals surface area (Å²) in [4.78, 5) is 12.3. The summed E-state index contributed by atoms with van der Waals surface area (Å²) < 4.78 is 41.0. The first-order chi connectivity index (χ1) is 12.0. The summed E-state index contributed by atoms with van der Waals surface area (Å²) in [7, 11) is 0. The molecule has 25 heavy (non-hydrogen) atoms. The fraction of sp³-hybridized carbons (Fsp3) is 0.167. The summed E-state index contributed by atoms with van der Waals surface area (Å²) in [5.74, 6) is 0.156. The van der Waals surface area contributed by atoms with Gasteiger partial charge in [0.1, 0.15) is 5.75 Å². The molecule has 2 aliphatic heterocycles. The Morgan fingerprint density at radius 1 is 1.24 bits per heavy atom. The molecule has 2 aromatic carbocycles. The van der Waals surface area contributed by atoms with Crippen molar-refractivity contribution in [2.24, 2.45) is 0 Å². The van der Waals surface area contributed by atoms with E-state index in [0.717, 1.165) is 0 Å². The maximum atomic E-state index is 13.3. The number of alkyl halides is 2. The number of anilines is 1. The molecule has 0 saturated carbocycles. The van der Waals surface area contributed by atoms with Crippen LogP contribution in [0.25, 0.3) is 11.6 Å². The van der Waals surface area contributed by atoms with E-state index < -0.39 is 6.29 Å². The number of nitrogens with one attached hydrogen (secondary N) is 1. The highest BCUT2D eigenvalue weighted by Gasteiger charge is 2.44. The van der Waals surface area contributed by atoms with Crippen molar-refractivity contribution in [2.75, 3.05) is 11.9 Å². The van der Waals surface area contributed by atoms with E-state index in [1.165, 1.54) is 12.1 Å². The lowest BCUT2D eigenvalue weighted by atomic mass is 10.0. The van der Waals surface area contributed by atoms with Gasteiger partial charge in [-0.1, -0.05) is 12.1 Å². The monoisotopic (exact) mass is 345 g/mol. The molecule has 0 radical (unpaired) electrons. The van der Waals surface area contributed by atoms with Gasteiger partial charge >= 0.3 is 6.29 Å². The zero-order valence-electron chi connectivity index (χ0n) is 13.1. The number of amides is 1. The second-order valence-corrected chi connectivity index (χ2v) is 5.49. The van der Waals surface area contributed by atoms with Gasteiger partial charge < -0.3 is 19.5 Å². The van der Waals surface area contributed by atoms with E-state index in [1.54, 1.807) is 30.3 Å². The number of halogens is 2. The van der Waals surface area contributed by atoms with Crippen LogP contribution in [0.3, 0.4) is 0 Å². The Morgan fingerprint density at radius 2 is 2.08 bits per heavy atom. The molecular weight excluding hydrogens is 332 g/mol. The molecule has 0 bridgehead atoms. The highest BCUT2D eigenvalue weighted by molar-refractivity contribution is 6.35. The molecule has 0 spiro atoms. The molecule has 0 saturated heterocycles. The minimum Gasteiger partial charge on any atom is -0.494 e. The molecule has 7 heteroatoms. The molecule has 0 fully saturated rings. The van der Waals surface area contributed by atoms with Crippen LogP contribution in [0.15, 0.2) is 36.4 Å². The second-order valence-electron chi connectivity index (χ2n) is 5.49. The normalized spacial score (nSPS) is 18.2. The van der Waals surface area contributed by atoms with E-state index >= 15 is 0 Å². The van der Waals surface area contributed by atoms with E-state index in [2.05, 4.69) is 14.8 Å². The standard InChI is InChI=1S/C18H13F2NO4/c1-2-23-11-6-7-12-13(17(22)21-14(12)9-11)8-10-4-3-5-15-16(10)25-18(19,20)24-15/h3-9H,2H2,1H3,(H,21,22). The van der Waals surface area contributed by atoms with E-state index in [-0.39, 0.29) is 17.4 Å². The van der Waals surface area contributed by atoms with Crippen molar-refractivity contribution in [3.8, 4) is 17.2 Å². The molecule has 0 unspecified atom stereocenters. The highest BCUT2D eigenvalue weighted by atomic mass is 19.3. The molecular formula is C18H13F2NO4. The molecule has 1 amide bonds. The molecule has 1 N–H and O–H groups in total. The van der Waals surface area contributed by atoms with Crippen LogP contribution in [-0.2, 0) is 4.79 Å². The number of carbonyl (C=O) groups is 1. The maximum Gasteiger partial charge on any atom is 0.586 e. The van der Waals surface area contributed by atoms with Gasteiger partial charge in [0.15, 0.2) is 11.5 Å². The van der Waals surface area contributed by atoms with E-state index in [9.17, 15) is 13.6 Å². The second kappa shape index (κ2) is 5.47. The van der Waals surface area contributed by atoms with Crippen molar-refractivity contribution in [1.82, 2.24) is 0 Å². The molecule has 2 aliphatic rings. The number of para-hydroxylation sites is 1. The van der Waals surface area contributed by atoms with Gasteiger partial charge in [0.2, 0.25) is 0 Å². The van der Waals surface area contributed by atoms with Gasteiger partial charge in [0.05, 0.1) is 12.3 Å². The number of hydrogen-bond donors (Lipinski definition) is 1. The topological polar surface area (TPSA) is 56.8 Å². The first-order valence-corrected chi connectivity index (χ1v) is 7.66. The van der Waals surface area contributed by atoms with Crippen LogP contribution < -0.4 is 19.5 Å². The summed E-state index contributed by atoms with van der Waals surface area (Å²) in [6, 6.07) is 9.74. The zero-order valence-corrected chi connectivity index (χ0v) is 13.1. The summed E-state index contributed by atoms with van der Waals surface area (Å²) in [5, 5.41) is 2.74. The molecule has 5 nitrogen and oxygen atoms in total. The molecule has 0 aliphatic carbocycles. The van der Waals surface area contributed by atoms with Crippen molar-refractivity contribution in [1.29, 1.82) is 0 Å². The van der Waals surface area contributed by atoms with Crippen molar-refractivity contribution in [3.63, 3.8) is 0 Å².